The fraction of sp³-hybridized carbons (Fsp3) is 0. The van der Waals surface area contributed by atoms with Gasteiger partial charge in [0.05, 0.1) is 0 Å². The highest BCUT2D eigenvalue weighted by Crippen LogP contribution is 2.40. The SMILES string of the molecule is N#Cc1c(-c2ccccc2)cc2ccc3ccccc3c2c1O. The molecule has 0 bridgehead atoms. The molecule has 4 rings (SSSR count). The minimum Gasteiger partial charge on any atom is -0.506 e. The molecule has 0 radical (unpaired) electrons. The minimum absolute atomic E-state index is 0.0562. The summed E-state index contributed by atoms with van der Waals surface area (Å²) in [5, 5.41) is 24.0. The zero-order valence-electron chi connectivity index (χ0n) is 12.3. The third-order valence-electron chi connectivity index (χ3n) is 4.20. The molecular formula is C21H13NO. The summed E-state index contributed by atoms with van der Waals surface area (Å²) in [5.41, 5.74) is 2.00. The monoisotopic (exact) mass is 295 g/mol. The Bertz CT molecular complexity index is 1080. The van der Waals surface area contributed by atoms with Crippen molar-refractivity contribution in [3.05, 3.63) is 78.4 Å². The molecule has 0 aromatic heterocycles. The molecule has 0 aliphatic carbocycles. The Morgan fingerprint density at radius 2 is 1.48 bits per heavy atom. The third-order valence-corrected chi connectivity index (χ3v) is 4.20. The minimum atomic E-state index is 0.0562. The van der Waals surface area contributed by atoms with Gasteiger partial charge in [-0.15, -0.1) is 0 Å². The van der Waals surface area contributed by atoms with Crippen molar-refractivity contribution >= 4 is 21.5 Å². The maximum atomic E-state index is 10.8. The molecule has 0 saturated heterocycles. The first-order chi connectivity index (χ1) is 11.3. The van der Waals surface area contributed by atoms with Gasteiger partial charge in [-0.25, -0.2) is 0 Å². The second-order valence-electron chi connectivity index (χ2n) is 5.51. The predicted molar refractivity (Wildman–Crippen MR) is 93.3 cm³/mol. The van der Waals surface area contributed by atoms with Crippen LogP contribution in [0.1, 0.15) is 5.56 Å². The van der Waals surface area contributed by atoms with Gasteiger partial charge in [-0.1, -0.05) is 66.7 Å². The van der Waals surface area contributed by atoms with E-state index in [2.05, 4.69) is 6.07 Å². The molecule has 0 unspecified atom stereocenters. The van der Waals surface area contributed by atoms with Gasteiger partial charge in [0, 0.05) is 10.9 Å². The predicted octanol–water partition coefficient (Wildman–Crippen LogP) is 5.24. The summed E-state index contributed by atoms with van der Waals surface area (Å²) in [6, 6.07) is 25.8. The molecule has 4 aromatic rings. The van der Waals surface area contributed by atoms with Crippen molar-refractivity contribution in [1.82, 2.24) is 0 Å². The highest BCUT2D eigenvalue weighted by atomic mass is 16.3. The summed E-state index contributed by atoms with van der Waals surface area (Å²) >= 11 is 0. The van der Waals surface area contributed by atoms with E-state index in [4.69, 9.17) is 0 Å². The first-order valence-corrected chi connectivity index (χ1v) is 7.42. The molecule has 0 atom stereocenters. The maximum Gasteiger partial charge on any atom is 0.142 e. The van der Waals surface area contributed by atoms with Crippen LogP contribution in [0, 0.1) is 11.3 Å². The molecule has 0 heterocycles. The molecule has 4 aromatic carbocycles. The summed E-state index contributed by atoms with van der Waals surface area (Å²) in [6.45, 7) is 0. The van der Waals surface area contributed by atoms with Crippen LogP contribution in [0.25, 0.3) is 32.7 Å². The van der Waals surface area contributed by atoms with E-state index in [1.54, 1.807) is 0 Å². The van der Waals surface area contributed by atoms with Gasteiger partial charge < -0.3 is 5.11 Å². The molecule has 108 valence electrons. The molecule has 2 heteroatoms. The lowest BCUT2D eigenvalue weighted by molar-refractivity contribution is 0.480. The van der Waals surface area contributed by atoms with Crippen LogP contribution in [-0.4, -0.2) is 5.11 Å². The highest BCUT2D eigenvalue weighted by molar-refractivity contribution is 6.12. The molecule has 0 spiro atoms. The van der Waals surface area contributed by atoms with E-state index in [0.29, 0.717) is 5.56 Å². The lowest BCUT2D eigenvalue weighted by atomic mass is 9.92. The Morgan fingerprint density at radius 1 is 0.783 bits per heavy atom. The third kappa shape index (κ3) is 2.03. The summed E-state index contributed by atoms with van der Waals surface area (Å²) in [4.78, 5) is 0. The zero-order valence-corrected chi connectivity index (χ0v) is 12.3. The van der Waals surface area contributed by atoms with Crippen LogP contribution in [0.4, 0.5) is 0 Å². The average Bonchev–Trinajstić information content (AvgIpc) is 2.62. The first-order valence-electron chi connectivity index (χ1n) is 7.42. The number of phenolic OH excluding ortho intramolecular Hbond substituents is 1. The fourth-order valence-corrected chi connectivity index (χ4v) is 3.11. The van der Waals surface area contributed by atoms with Gasteiger partial charge in [0.25, 0.3) is 0 Å². The topological polar surface area (TPSA) is 44.0 Å². The average molecular weight is 295 g/mol. The van der Waals surface area contributed by atoms with Crippen molar-refractivity contribution in [2.24, 2.45) is 0 Å². The van der Waals surface area contributed by atoms with Crippen molar-refractivity contribution in [2.45, 2.75) is 0 Å². The lowest BCUT2D eigenvalue weighted by Gasteiger charge is -2.12. The Labute approximate surface area is 133 Å². The van der Waals surface area contributed by atoms with Gasteiger partial charge in [-0.05, 0) is 27.8 Å². The van der Waals surface area contributed by atoms with Crippen LogP contribution in [-0.2, 0) is 0 Å². The van der Waals surface area contributed by atoms with Crippen LogP contribution in [0.15, 0.2) is 72.8 Å². The Kier molecular flexibility index (Phi) is 2.99. The largest absolute Gasteiger partial charge is 0.506 e. The first kappa shape index (κ1) is 13.4. The van der Waals surface area contributed by atoms with Crippen LogP contribution in [0.5, 0.6) is 5.75 Å². The quantitative estimate of drug-likeness (QED) is 0.488. The molecular weight excluding hydrogens is 282 g/mol. The van der Waals surface area contributed by atoms with Crippen molar-refractivity contribution < 1.29 is 5.11 Å². The van der Waals surface area contributed by atoms with E-state index in [1.165, 1.54) is 0 Å². The number of hydrogen-bond donors (Lipinski definition) is 1. The van der Waals surface area contributed by atoms with Gasteiger partial charge in [0.15, 0.2) is 0 Å². The van der Waals surface area contributed by atoms with E-state index >= 15 is 0 Å². The van der Waals surface area contributed by atoms with E-state index in [0.717, 1.165) is 32.7 Å². The van der Waals surface area contributed by atoms with Gasteiger partial charge >= 0.3 is 0 Å². The van der Waals surface area contributed by atoms with Gasteiger partial charge in [-0.3, -0.25) is 0 Å². The van der Waals surface area contributed by atoms with E-state index < -0.39 is 0 Å². The van der Waals surface area contributed by atoms with E-state index in [-0.39, 0.29) is 5.75 Å². The van der Waals surface area contributed by atoms with Crippen molar-refractivity contribution in [3.8, 4) is 22.9 Å². The van der Waals surface area contributed by atoms with E-state index in [9.17, 15) is 10.4 Å². The number of fused-ring (bicyclic) bond motifs is 3. The van der Waals surface area contributed by atoms with Gasteiger partial charge in [0.2, 0.25) is 0 Å². The second-order valence-corrected chi connectivity index (χ2v) is 5.51. The van der Waals surface area contributed by atoms with Crippen LogP contribution < -0.4 is 0 Å². The highest BCUT2D eigenvalue weighted by Gasteiger charge is 2.15. The van der Waals surface area contributed by atoms with E-state index in [1.807, 2.05) is 72.8 Å². The fourth-order valence-electron chi connectivity index (χ4n) is 3.11. The molecule has 1 N–H and O–H groups in total. The molecule has 0 aliphatic rings. The van der Waals surface area contributed by atoms with Gasteiger partial charge in [-0.2, -0.15) is 5.26 Å². The number of nitrogens with zero attached hydrogens (tertiary/aromatic N) is 1. The summed E-state index contributed by atoms with van der Waals surface area (Å²) < 4.78 is 0. The molecule has 0 aliphatic heterocycles. The number of phenols is 1. The number of nitriles is 1. The second kappa shape index (κ2) is 5.15. The summed E-state index contributed by atoms with van der Waals surface area (Å²) in [5.74, 6) is 0.0562. The summed E-state index contributed by atoms with van der Waals surface area (Å²) in [6.07, 6.45) is 0. The standard InChI is InChI=1S/C21H13NO/c22-13-19-18(14-6-2-1-3-7-14)12-16-11-10-15-8-4-5-9-17(15)20(16)21(19)23/h1-12,23H. The summed E-state index contributed by atoms with van der Waals surface area (Å²) in [7, 11) is 0. The van der Waals surface area contributed by atoms with Gasteiger partial charge in [0.1, 0.15) is 17.4 Å². The molecule has 0 saturated carbocycles. The number of rotatable bonds is 1. The molecule has 23 heavy (non-hydrogen) atoms. The molecule has 0 fully saturated rings. The number of benzene rings is 4. The molecule has 0 amide bonds. The van der Waals surface area contributed by atoms with Crippen LogP contribution in [0.2, 0.25) is 0 Å². The van der Waals surface area contributed by atoms with Crippen molar-refractivity contribution in [3.63, 3.8) is 0 Å². The Morgan fingerprint density at radius 3 is 2.26 bits per heavy atom. The maximum absolute atomic E-state index is 10.8. The Hall–Kier alpha value is -3.31. The Balaban J connectivity index is 2.16. The normalized spacial score (nSPS) is 10.7. The van der Waals surface area contributed by atoms with Crippen LogP contribution >= 0.6 is 0 Å². The van der Waals surface area contributed by atoms with Crippen molar-refractivity contribution in [2.75, 3.05) is 0 Å². The molecule has 2 nitrogen and oxygen atoms in total. The lowest BCUT2D eigenvalue weighted by Crippen LogP contribution is -1.89. The number of hydrogen-bond acceptors (Lipinski definition) is 2. The van der Waals surface area contributed by atoms with Crippen LogP contribution in [0.3, 0.4) is 0 Å². The smallest absolute Gasteiger partial charge is 0.142 e. The number of aromatic hydroxyl groups is 1. The van der Waals surface area contributed by atoms with Crippen molar-refractivity contribution in [1.29, 1.82) is 5.26 Å². The zero-order chi connectivity index (χ0) is 15.8.